The lowest BCUT2D eigenvalue weighted by Gasteiger charge is -2.17. The largest absolute Gasteiger partial charge is 0.491 e. The molecule has 1 aromatic rings. The SMILES string of the molecule is CCN(CC)CC(=O)Nc1ccc(OC(C)C)cc1. The molecule has 0 aromatic heterocycles. The first-order valence-corrected chi connectivity index (χ1v) is 6.84. The Morgan fingerprint density at radius 3 is 2.26 bits per heavy atom. The molecule has 4 heteroatoms. The van der Waals surface area contributed by atoms with Crippen molar-refractivity contribution >= 4 is 11.6 Å². The molecule has 1 N–H and O–H groups in total. The maximum Gasteiger partial charge on any atom is 0.238 e. The number of hydrogen-bond acceptors (Lipinski definition) is 3. The molecule has 1 rings (SSSR count). The highest BCUT2D eigenvalue weighted by atomic mass is 16.5. The van der Waals surface area contributed by atoms with Gasteiger partial charge in [-0.1, -0.05) is 13.8 Å². The number of nitrogens with one attached hydrogen (secondary N) is 1. The molecule has 0 aliphatic rings. The molecule has 0 fully saturated rings. The summed E-state index contributed by atoms with van der Waals surface area (Å²) in [5, 5.41) is 2.89. The summed E-state index contributed by atoms with van der Waals surface area (Å²) in [5.41, 5.74) is 0.799. The molecule has 0 saturated heterocycles. The Morgan fingerprint density at radius 1 is 1.21 bits per heavy atom. The molecule has 0 spiro atoms. The molecule has 0 heterocycles. The van der Waals surface area contributed by atoms with E-state index in [0.717, 1.165) is 24.5 Å². The van der Waals surface area contributed by atoms with Gasteiger partial charge in [0.1, 0.15) is 5.75 Å². The van der Waals surface area contributed by atoms with E-state index in [2.05, 4.69) is 24.1 Å². The van der Waals surface area contributed by atoms with Crippen LogP contribution in [0.2, 0.25) is 0 Å². The van der Waals surface area contributed by atoms with Gasteiger partial charge in [0.15, 0.2) is 0 Å². The van der Waals surface area contributed by atoms with Crippen molar-refractivity contribution in [1.29, 1.82) is 0 Å². The summed E-state index contributed by atoms with van der Waals surface area (Å²) in [6, 6.07) is 7.45. The summed E-state index contributed by atoms with van der Waals surface area (Å²) >= 11 is 0. The lowest BCUT2D eigenvalue weighted by Crippen LogP contribution is -2.32. The molecule has 4 nitrogen and oxygen atoms in total. The molecule has 1 aromatic carbocycles. The third kappa shape index (κ3) is 5.75. The summed E-state index contributed by atoms with van der Waals surface area (Å²) in [7, 11) is 0. The van der Waals surface area contributed by atoms with Crippen molar-refractivity contribution in [3.8, 4) is 5.75 Å². The molecule has 0 bridgehead atoms. The Morgan fingerprint density at radius 2 is 1.79 bits per heavy atom. The smallest absolute Gasteiger partial charge is 0.238 e. The van der Waals surface area contributed by atoms with Gasteiger partial charge in [-0.05, 0) is 51.2 Å². The fraction of sp³-hybridized carbons (Fsp3) is 0.533. The zero-order valence-electron chi connectivity index (χ0n) is 12.3. The van der Waals surface area contributed by atoms with Gasteiger partial charge >= 0.3 is 0 Å². The van der Waals surface area contributed by atoms with Crippen LogP contribution in [0.1, 0.15) is 27.7 Å². The number of likely N-dealkylation sites (N-methyl/N-ethyl adjacent to an activating group) is 1. The van der Waals surface area contributed by atoms with E-state index in [-0.39, 0.29) is 12.0 Å². The lowest BCUT2D eigenvalue weighted by molar-refractivity contribution is -0.117. The number of anilines is 1. The van der Waals surface area contributed by atoms with Crippen LogP contribution in [0, 0.1) is 0 Å². The van der Waals surface area contributed by atoms with Crippen LogP contribution in [0.4, 0.5) is 5.69 Å². The zero-order valence-corrected chi connectivity index (χ0v) is 12.3. The van der Waals surface area contributed by atoms with Crippen molar-refractivity contribution in [1.82, 2.24) is 4.90 Å². The van der Waals surface area contributed by atoms with Crippen molar-refractivity contribution in [3.05, 3.63) is 24.3 Å². The summed E-state index contributed by atoms with van der Waals surface area (Å²) < 4.78 is 5.55. The van der Waals surface area contributed by atoms with Crippen LogP contribution in [0.25, 0.3) is 0 Å². The van der Waals surface area contributed by atoms with Crippen LogP contribution < -0.4 is 10.1 Å². The van der Waals surface area contributed by atoms with E-state index in [1.807, 2.05) is 38.1 Å². The molecule has 1 amide bonds. The van der Waals surface area contributed by atoms with Crippen LogP contribution in [0.5, 0.6) is 5.75 Å². The van der Waals surface area contributed by atoms with Gasteiger partial charge in [0, 0.05) is 5.69 Å². The number of rotatable bonds is 7. The van der Waals surface area contributed by atoms with Crippen LogP contribution in [-0.2, 0) is 4.79 Å². The van der Waals surface area contributed by atoms with Gasteiger partial charge in [-0.2, -0.15) is 0 Å². The van der Waals surface area contributed by atoms with Gasteiger partial charge in [-0.25, -0.2) is 0 Å². The summed E-state index contributed by atoms with van der Waals surface area (Å²) in [5.74, 6) is 0.831. The molecule has 0 atom stereocenters. The van der Waals surface area contributed by atoms with Gasteiger partial charge < -0.3 is 10.1 Å². The molecule has 0 unspecified atom stereocenters. The van der Waals surface area contributed by atoms with E-state index >= 15 is 0 Å². The minimum atomic E-state index is 0.0150. The Bertz CT molecular complexity index is 384. The predicted octanol–water partition coefficient (Wildman–Crippen LogP) is 2.75. The van der Waals surface area contributed by atoms with Gasteiger partial charge in [0.25, 0.3) is 0 Å². The lowest BCUT2D eigenvalue weighted by atomic mass is 10.3. The minimum absolute atomic E-state index is 0.0150. The minimum Gasteiger partial charge on any atom is -0.491 e. The normalized spacial score (nSPS) is 10.8. The van der Waals surface area contributed by atoms with Gasteiger partial charge in [0.05, 0.1) is 12.6 Å². The number of carbonyl (C=O) groups excluding carboxylic acids is 1. The van der Waals surface area contributed by atoms with Crippen LogP contribution in [0.15, 0.2) is 24.3 Å². The fourth-order valence-electron chi connectivity index (χ4n) is 1.74. The van der Waals surface area contributed by atoms with E-state index in [9.17, 15) is 4.79 Å². The van der Waals surface area contributed by atoms with Crippen molar-refractivity contribution in [2.45, 2.75) is 33.8 Å². The second-order valence-corrected chi connectivity index (χ2v) is 4.70. The Balaban J connectivity index is 2.50. The van der Waals surface area contributed by atoms with Gasteiger partial charge in [-0.3, -0.25) is 9.69 Å². The maximum absolute atomic E-state index is 11.8. The molecule has 106 valence electrons. The summed E-state index contributed by atoms with van der Waals surface area (Å²) in [6.07, 6.45) is 0.156. The Labute approximate surface area is 115 Å². The summed E-state index contributed by atoms with van der Waals surface area (Å²) in [4.78, 5) is 13.9. The quantitative estimate of drug-likeness (QED) is 0.823. The first kappa shape index (κ1) is 15.5. The molecule has 0 aliphatic heterocycles. The summed E-state index contributed by atoms with van der Waals surface area (Å²) in [6.45, 7) is 10.3. The van der Waals surface area contributed by atoms with E-state index in [0.29, 0.717) is 6.54 Å². The molecule has 0 radical (unpaired) electrons. The number of amides is 1. The second kappa shape index (κ2) is 7.79. The molecular formula is C15H24N2O2. The van der Waals surface area contributed by atoms with Crippen LogP contribution >= 0.6 is 0 Å². The number of benzene rings is 1. The van der Waals surface area contributed by atoms with Gasteiger partial charge in [-0.15, -0.1) is 0 Å². The molecule has 0 saturated carbocycles. The number of ether oxygens (including phenoxy) is 1. The van der Waals surface area contributed by atoms with E-state index in [1.165, 1.54) is 0 Å². The fourth-order valence-corrected chi connectivity index (χ4v) is 1.74. The third-order valence-corrected chi connectivity index (χ3v) is 2.77. The number of carbonyl (C=O) groups is 1. The highest BCUT2D eigenvalue weighted by Gasteiger charge is 2.07. The van der Waals surface area contributed by atoms with Crippen molar-refractivity contribution in [2.75, 3.05) is 25.0 Å². The van der Waals surface area contributed by atoms with Crippen molar-refractivity contribution < 1.29 is 9.53 Å². The van der Waals surface area contributed by atoms with Crippen molar-refractivity contribution in [2.24, 2.45) is 0 Å². The highest BCUT2D eigenvalue weighted by molar-refractivity contribution is 5.92. The molecule has 0 aliphatic carbocycles. The molecule has 19 heavy (non-hydrogen) atoms. The van der Waals surface area contributed by atoms with Gasteiger partial charge in [0.2, 0.25) is 5.91 Å². The Hall–Kier alpha value is -1.55. The first-order chi connectivity index (χ1) is 9.05. The Kier molecular flexibility index (Phi) is 6.36. The molecular weight excluding hydrogens is 240 g/mol. The van der Waals surface area contributed by atoms with Crippen LogP contribution in [-0.4, -0.2) is 36.5 Å². The topological polar surface area (TPSA) is 41.6 Å². The van der Waals surface area contributed by atoms with Crippen LogP contribution in [0.3, 0.4) is 0 Å². The third-order valence-electron chi connectivity index (χ3n) is 2.77. The average Bonchev–Trinajstić information content (AvgIpc) is 2.37. The number of nitrogens with zero attached hydrogens (tertiary/aromatic N) is 1. The zero-order chi connectivity index (χ0) is 14.3. The van der Waals surface area contributed by atoms with Crippen molar-refractivity contribution in [3.63, 3.8) is 0 Å². The second-order valence-electron chi connectivity index (χ2n) is 4.70. The average molecular weight is 264 g/mol. The van der Waals surface area contributed by atoms with E-state index in [4.69, 9.17) is 4.74 Å². The monoisotopic (exact) mass is 264 g/mol. The highest BCUT2D eigenvalue weighted by Crippen LogP contribution is 2.16. The standard InChI is InChI=1S/C15H24N2O2/c1-5-17(6-2)11-15(18)16-13-7-9-14(10-8-13)19-12(3)4/h7-10,12H,5-6,11H2,1-4H3,(H,16,18). The number of hydrogen-bond donors (Lipinski definition) is 1. The first-order valence-electron chi connectivity index (χ1n) is 6.84. The maximum atomic E-state index is 11.8. The van der Waals surface area contributed by atoms with E-state index < -0.39 is 0 Å². The predicted molar refractivity (Wildman–Crippen MR) is 78.6 cm³/mol. The van der Waals surface area contributed by atoms with E-state index in [1.54, 1.807) is 0 Å².